The van der Waals surface area contributed by atoms with Crippen LogP contribution >= 0.6 is 0 Å². The lowest BCUT2D eigenvalue weighted by Crippen LogP contribution is -2.47. The molecule has 2 heterocycles. The monoisotopic (exact) mass is 388 g/mol. The second-order valence-corrected chi connectivity index (χ2v) is 7.11. The van der Waals surface area contributed by atoms with E-state index in [0.717, 1.165) is 62.6 Å². The lowest BCUT2D eigenvalue weighted by molar-refractivity contribution is 0.637. The first-order chi connectivity index (χ1) is 14.3. The van der Waals surface area contributed by atoms with E-state index in [1.54, 1.807) is 0 Å². The highest BCUT2D eigenvalue weighted by molar-refractivity contribution is 5.59. The Morgan fingerprint density at radius 2 is 1.31 bits per heavy atom. The Hall–Kier alpha value is -3.15. The standard InChI is InChI=1S/C23H28N6/c1-3-27(4-2)22-24-21(19-11-7-5-8-12-19)25-23(26-22)29-17-15-28(16-18-29)20-13-9-6-10-14-20/h5-14H,3-4,15-18H2,1-2H3. The molecular formula is C23H28N6. The van der Waals surface area contributed by atoms with Crippen LogP contribution in [0.15, 0.2) is 60.7 Å². The zero-order valence-electron chi connectivity index (χ0n) is 17.2. The van der Waals surface area contributed by atoms with E-state index in [2.05, 4.69) is 71.0 Å². The summed E-state index contributed by atoms with van der Waals surface area (Å²) >= 11 is 0. The second kappa shape index (κ2) is 8.90. The minimum atomic E-state index is 0.739. The van der Waals surface area contributed by atoms with Crippen molar-refractivity contribution in [1.29, 1.82) is 0 Å². The quantitative estimate of drug-likeness (QED) is 0.642. The predicted molar refractivity (Wildman–Crippen MR) is 120 cm³/mol. The molecule has 4 rings (SSSR count). The van der Waals surface area contributed by atoms with Crippen molar-refractivity contribution in [3.63, 3.8) is 0 Å². The molecule has 6 nitrogen and oxygen atoms in total. The molecule has 0 amide bonds. The number of benzene rings is 2. The highest BCUT2D eigenvalue weighted by atomic mass is 15.4. The Balaban J connectivity index is 1.60. The SMILES string of the molecule is CCN(CC)c1nc(-c2ccccc2)nc(N2CCN(c3ccccc3)CC2)n1. The van der Waals surface area contributed by atoms with Gasteiger partial charge in [-0.1, -0.05) is 48.5 Å². The molecule has 2 aromatic carbocycles. The Labute approximate surface area is 172 Å². The Bertz CT molecular complexity index is 903. The molecule has 150 valence electrons. The minimum absolute atomic E-state index is 0.739. The van der Waals surface area contributed by atoms with E-state index in [4.69, 9.17) is 15.0 Å². The van der Waals surface area contributed by atoms with Gasteiger partial charge < -0.3 is 14.7 Å². The normalized spacial score (nSPS) is 14.1. The summed E-state index contributed by atoms with van der Waals surface area (Å²) in [7, 11) is 0. The van der Waals surface area contributed by atoms with Gasteiger partial charge in [-0.05, 0) is 26.0 Å². The van der Waals surface area contributed by atoms with Crippen molar-refractivity contribution >= 4 is 17.6 Å². The number of rotatable bonds is 6. The van der Waals surface area contributed by atoms with E-state index in [9.17, 15) is 0 Å². The van der Waals surface area contributed by atoms with Crippen LogP contribution in [-0.4, -0.2) is 54.2 Å². The van der Waals surface area contributed by atoms with E-state index in [1.807, 2.05) is 18.2 Å². The maximum atomic E-state index is 4.83. The van der Waals surface area contributed by atoms with E-state index >= 15 is 0 Å². The third-order valence-corrected chi connectivity index (χ3v) is 5.37. The van der Waals surface area contributed by atoms with Crippen molar-refractivity contribution in [3.8, 4) is 11.4 Å². The molecule has 0 radical (unpaired) electrons. The molecule has 0 saturated carbocycles. The smallest absolute Gasteiger partial charge is 0.230 e. The minimum Gasteiger partial charge on any atom is -0.368 e. The average molecular weight is 389 g/mol. The van der Waals surface area contributed by atoms with Gasteiger partial charge in [0.05, 0.1) is 0 Å². The maximum absolute atomic E-state index is 4.83. The van der Waals surface area contributed by atoms with Crippen molar-refractivity contribution < 1.29 is 0 Å². The molecule has 6 heteroatoms. The van der Waals surface area contributed by atoms with Gasteiger partial charge in [-0.3, -0.25) is 0 Å². The summed E-state index contributed by atoms with van der Waals surface area (Å²) in [5.74, 6) is 2.26. The summed E-state index contributed by atoms with van der Waals surface area (Å²) in [6.07, 6.45) is 0. The van der Waals surface area contributed by atoms with Crippen molar-refractivity contribution in [2.75, 3.05) is 54.0 Å². The summed E-state index contributed by atoms with van der Waals surface area (Å²) in [6, 6.07) is 20.8. The first-order valence-corrected chi connectivity index (χ1v) is 10.4. The van der Waals surface area contributed by atoms with Gasteiger partial charge in [0.15, 0.2) is 5.82 Å². The number of piperazine rings is 1. The first kappa shape index (κ1) is 19.2. The molecule has 29 heavy (non-hydrogen) atoms. The predicted octanol–water partition coefficient (Wildman–Crippen LogP) is 3.71. The molecule has 0 aliphatic carbocycles. The second-order valence-electron chi connectivity index (χ2n) is 7.11. The maximum Gasteiger partial charge on any atom is 0.230 e. The highest BCUT2D eigenvalue weighted by Crippen LogP contribution is 2.23. The van der Waals surface area contributed by atoms with Crippen LogP contribution < -0.4 is 14.7 Å². The number of nitrogens with zero attached hydrogens (tertiary/aromatic N) is 6. The van der Waals surface area contributed by atoms with Crippen LogP contribution in [0.5, 0.6) is 0 Å². The third kappa shape index (κ3) is 4.31. The van der Waals surface area contributed by atoms with Crippen molar-refractivity contribution in [1.82, 2.24) is 15.0 Å². The van der Waals surface area contributed by atoms with Crippen LogP contribution in [0.25, 0.3) is 11.4 Å². The fraction of sp³-hybridized carbons (Fsp3) is 0.348. The third-order valence-electron chi connectivity index (χ3n) is 5.37. The lowest BCUT2D eigenvalue weighted by Gasteiger charge is -2.36. The summed E-state index contributed by atoms with van der Waals surface area (Å²) in [5, 5.41) is 0. The lowest BCUT2D eigenvalue weighted by atomic mass is 10.2. The molecule has 1 aliphatic heterocycles. The molecule has 1 saturated heterocycles. The largest absolute Gasteiger partial charge is 0.368 e. The summed E-state index contributed by atoms with van der Waals surface area (Å²) in [4.78, 5) is 21.3. The average Bonchev–Trinajstić information content (AvgIpc) is 2.81. The summed E-state index contributed by atoms with van der Waals surface area (Å²) in [6.45, 7) is 9.71. The molecule has 3 aromatic rings. The Morgan fingerprint density at radius 3 is 1.93 bits per heavy atom. The number of anilines is 3. The zero-order chi connectivity index (χ0) is 20.1. The topological polar surface area (TPSA) is 48.4 Å². The van der Waals surface area contributed by atoms with Crippen molar-refractivity contribution in [2.24, 2.45) is 0 Å². The number of aromatic nitrogens is 3. The van der Waals surface area contributed by atoms with Gasteiger partial charge in [-0.25, -0.2) is 0 Å². The first-order valence-electron chi connectivity index (χ1n) is 10.4. The summed E-state index contributed by atoms with van der Waals surface area (Å²) in [5.41, 5.74) is 2.30. The molecule has 1 aromatic heterocycles. The number of hydrogen-bond acceptors (Lipinski definition) is 6. The van der Waals surface area contributed by atoms with Gasteiger partial charge >= 0.3 is 0 Å². The molecule has 1 fully saturated rings. The fourth-order valence-corrected chi connectivity index (χ4v) is 3.66. The van der Waals surface area contributed by atoms with Gasteiger partial charge in [0.2, 0.25) is 11.9 Å². The Morgan fingerprint density at radius 1 is 0.724 bits per heavy atom. The number of hydrogen-bond donors (Lipinski definition) is 0. The van der Waals surface area contributed by atoms with Gasteiger partial charge in [0, 0.05) is 50.5 Å². The van der Waals surface area contributed by atoms with E-state index < -0.39 is 0 Å². The van der Waals surface area contributed by atoms with E-state index in [-0.39, 0.29) is 0 Å². The van der Waals surface area contributed by atoms with Crippen LogP contribution in [0.4, 0.5) is 17.6 Å². The van der Waals surface area contributed by atoms with Gasteiger partial charge in [-0.15, -0.1) is 0 Å². The molecule has 0 N–H and O–H groups in total. The van der Waals surface area contributed by atoms with Crippen LogP contribution in [0.2, 0.25) is 0 Å². The van der Waals surface area contributed by atoms with Crippen molar-refractivity contribution in [3.05, 3.63) is 60.7 Å². The van der Waals surface area contributed by atoms with E-state index in [0.29, 0.717) is 0 Å². The molecule has 0 bridgehead atoms. The van der Waals surface area contributed by atoms with Gasteiger partial charge in [0.1, 0.15) is 0 Å². The zero-order valence-corrected chi connectivity index (χ0v) is 17.2. The van der Waals surface area contributed by atoms with Gasteiger partial charge in [0.25, 0.3) is 0 Å². The molecule has 0 unspecified atom stereocenters. The van der Waals surface area contributed by atoms with Crippen molar-refractivity contribution in [2.45, 2.75) is 13.8 Å². The van der Waals surface area contributed by atoms with E-state index in [1.165, 1.54) is 5.69 Å². The van der Waals surface area contributed by atoms with Crippen LogP contribution in [0.1, 0.15) is 13.8 Å². The molecule has 0 atom stereocenters. The molecule has 1 aliphatic rings. The molecule has 0 spiro atoms. The van der Waals surface area contributed by atoms with Crippen LogP contribution in [-0.2, 0) is 0 Å². The van der Waals surface area contributed by atoms with Crippen LogP contribution in [0.3, 0.4) is 0 Å². The number of para-hydroxylation sites is 1. The van der Waals surface area contributed by atoms with Crippen LogP contribution in [0, 0.1) is 0 Å². The van der Waals surface area contributed by atoms with Gasteiger partial charge in [-0.2, -0.15) is 15.0 Å². The fourth-order valence-electron chi connectivity index (χ4n) is 3.66. The highest BCUT2D eigenvalue weighted by Gasteiger charge is 2.22. The summed E-state index contributed by atoms with van der Waals surface area (Å²) < 4.78 is 0. The molecular weight excluding hydrogens is 360 g/mol. The Kier molecular flexibility index (Phi) is 5.89.